The summed E-state index contributed by atoms with van der Waals surface area (Å²) >= 11 is 0. The molecule has 1 fully saturated rings. The van der Waals surface area contributed by atoms with E-state index in [1.807, 2.05) is 30.2 Å². The maximum atomic E-state index is 13.2. The number of anilines is 2. The number of halogens is 1. The molecule has 11 heteroatoms. The highest BCUT2D eigenvalue weighted by molar-refractivity contribution is 5.77. The predicted molar refractivity (Wildman–Crippen MR) is 134 cm³/mol. The third-order valence-corrected chi connectivity index (χ3v) is 6.53. The van der Waals surface area contributed by atoms with Gasteiger partial charge in [-0.1, -0.05) is 12.1 Å². The van der Waals surface area contributed by atoms with Gasteiger partial charge in [0.25, 0.3) is 0 Å². The minimum Gasteiger partial charge on any atom is -0.351 e. The minimum atomic E-state index is -0.407. The molecule has 0 bridgehead atoms. The number of nitrogens with zero attached hydrogens (tertiary/aromatic N) is 9. The summed E-state index contributed by atoms with van der Waals surface area (Å²) in [6.07, 6.45) is 10.9. The lowest BCUT2D eigenvalue weighted by molar-refractivity contribution is 0.626. The molecule has 182 valence electrons. The second-order valence-electron chi connectivity index (χ2n) is 8.86. The average molecular weight is 485 g/mol. The van der Waals surface area contributed by atoms with Crippen LogP contribution in [0.4, 0.5) is 16.2 Å². The number of aryl methyl sites for hydroxylation is 1. The van der Waals surface area contributed by atoms with Gasteiger partial charge in [0.1, 0.15) is 17.7 Å². The van der Waals surface area contributed by atoms with Gasteiger partial charge in [-0.3, -0.25) is 4.68 Å². The van der Waals surface area contributed by atoms with Crippen LogP contribution in [0.2, 0.25) is 0 Å². The Bertz CT molecular complexity index is 1480. The van der Waals surface area contributed by atoms with Crippen LogP contribution in [-0.2, 0) is 7.05 Å². The lowest BCUT2D eigenvalue weighted by atomic mass is 10.0. The minimum absolute atomic E-state index is 0.287. The number of benzene rings is 1. The third kappa shape index (κ3) is 4.13. The van der Waals surface area contributed by atoms with Crippen LogP contribution in [0.5, 0.6) is 0 Å². The van der Waals surface area contributed by atoms with Crippen molar-refractivity contribution >= 4 is 17.3 Å². The molecule has 36 heavy (non-hydrogen) atoms. The quantitative estimate of drug-likeness (QED) is 0.406. The van der Waals surface area contributed by atoms with Gasteiger partial charge in [0.05, 0.1) is 12.2 Å². The van der Waals surface area contributed by atoms with Gasteiger partial charge < -0.3 is 15.5 Å². The van der Waals surface area contributed by atoms with Crippen molar-refractivity contribution in [2.45, 2.75) is 6.04 Å². The molecule has 0 saturated carbocycles. The topological polar surface area (TPSA) is 106 Å². The summed E-state index contributed by atoms with van der Waals surface area (Å²) in [7, 11) is 1.90. The maximum absolute atomic E-state index is 13.2. The summed E-state index contributed by atoms with van der Waals surface area (Å²) in [5, 5.41) is 8.66. The molecular weight excluding hydrogens is 459 g/mol. The van der Waals surface area contributed by atoms with Crippen LogP contribution in [0.15, 0.2) is 67.6 Å². The smallest absolute Gasteiger partial charge is 0.225 e. The maximum Gasteiger partial charge on any atom is 0.225 e. The second kappa shape index (κ2) is 9.00. The molecule has 6 rings (SSSR count). The van der Waals surface area contributed by atoms with Gasteiger partial charge in [-0.05, 0) is 23.8 Å². The van der Waals surface area contributed by atoms with E-state index in [4.69, 9.17) is 5.73 Å². The Morgan fingerprint density at radius 3 is 2.25 bits per heavy atom. The first-order chi connectivity index (χ1) is 17.5. The van der Waals surface area contributed by atoms with Crippen LogP contribution < -0.4 is 15.5 Å². The van der Waals surface area contributed by atoms with Gasteiger partial charge in [-0.25, -0.2) is 23.9 Å². The van der Waals surface area contributed by atoms with E-state index in [0.717, 1.165) is 59.8 Å². The lowest BCUT2D eigenvalue weighted by Crippen LogP contribution is -2.47. The number of nitrogens with two attached hydrogens (primary N) is 1. The fraction of sp³-hybridized carbons (Fsp3) is 0.240. The molecule has 5 aromatic rings. The third-order valence-electron chi connectivity index (χ3n) is 6.53. The van der Waals surface area contributed by atoms with E-state index in [2.05, 4.69) is 41.0 Å². The summed E-state index contributed by atoms with van der Waals surface area (Å²) in [6.45, 7) is 3.08. The first-order valence-corrected chi connectivity index (χ1v) is 11.7. The van der Waals surface area contributed by atoms with E-state index in [1.54, 1.807) is 35.5 Å². The first-order valence-electron chi connectivity index (χ1n) is 11.7. The molecular formula is C25H25FN10. The normalized spacial score (nSPS) is 15.0. The van der Waals surface area contributed by atoms with Crippen LogP contribution in [0.3, 0.4) is 0 Å². The van der Waals surface area contributed by atoms with E-state index in [-0.39, 0.29) is 5.82 Å². The van der Waals surface area contributed by atoms with Gasteiger partial charge in [0, 0.05) is 74.7 Å². The molecule has 10 nitrogen and oxygen atoms in total. The van der Waals surface area contributed by atoms with Crippen molar-refractivity contribution in [2.24, 2.45) is 12.8 Å². The Balaban J connectivity index is 1.15. The predicted octanol–water partition coefficient (Wildman–Crippen LogP) is 2.43. The molecule has 0 aliphatic carbocycles. The first kappa shape index (κ1) is 22.1. The van der Waals surface area contributed by atoms with Crippen molar-refractivity contribution < 1.29 is 4.39 Å². The van der Waals surface area contributed by atoms with E-state index in [9.17, 15) is 4.39 Å². The fourth-order valence-corrected chi connectivity index (χ4v) is 4.52. The van der Waals surface area contributed by atoms with Crippen molar-refractivity contribution in [2.75, 3.05) is 36.0 Å². The summed E-state index contributed by atoms with van der Waals surface area (Å²) < 4.78 is 16.9. The van der Waals surface area contributed by atoms with E-state index in [1.165, 1.54) is 12.1 Å². The zero-order chi connectivity index (χ0) is 24.6. The van der Waals surface area contributed by atoms with Crippen LogP contribution in [-0.4, -0.2) is 60.5 Å². The Kier molecular flexibility index (Phi) is 5.53. The van der Waals surface area contributed by atoms with E-state index in [0.29, 0.717) is 5.95 Å². The summed E-state index contributed by atoms with van der Waals surface area (Å²) in [4.78, 5) is 18.1. The van der Waals surface area contributed by atoms with Crippen molar-refractivity contribution in [3.05, 3.63) is 84.6 Å². The summed E-state index contributed by atoms with van der Waals surface area (Å²) in [5.74, 6) is 1.28. The van der Waals surface area contributed by atoms with E-state index >= 15 is 0 Å². The van der Waals surface area contributed by atoms with Gasteiger partial charge in [-0.2, -0.15) is 10.2 Å². The van der Waals surface area contributed by atoms with Crippen molar-refractivity contribution in [3.63, 3.8) is 0 Å². The molecule has 1 aliphatic rings. The zero-order valence-electron chi connectivity index (χ0n) is 19.7. The van der Waals surface area contributed by atoms with Gasteiger partial charge >= 0.3 is 0 Å². The molecule has 4 aromatic heterocycles. The Morgan fingerprint density at radius 2 is 1.56 bits per heavy atom. The SMILES string of the molecule is Cn1cc(-c2cc3c(N4CCN(c5ncc([C@@H](N)c6ccc(F)cc6)cn5)CC4)ncnn3c2)cn1. The molecule has 0 amide bonds. The molecule has 1 aliphatic heterocycles. The number of hydrogen-bond donors (Lipinski definition) is 1. The Labute approximate surface area is 206 Å². The standard InChI is InChI=1S/C25H25FN10/c1-33-14-20(13-31-33)18-10-22-24(30-16-32-36(22)15-18)34-6-8-35(9-7-34)25-28-11-19(12-29-25)23(27)17-2-4-21(26)5-3-17/h2-5,10-16,23H,6-9,27H2,1H3/t23-/m0/s1. The van der Waals surface area contributed by atoms with Crippen molar-refractivity contribution in [1.29, 1.82) is 0 Å². The lowest BCUT2D eigenvalue weighted by Gasteiger charge is -2.35. The highest BCUT2D eigenvalue weighted by Gasteiger charge is 2.23. The molecule has 1 aromatic carbocycles. The molecule has 0 spiro atoms. The Morgan fingerprint density at radius 1 is 0.833 bits per heavy atom. The number of rotatable bonds is 5. The molecule has 5 heterocycles. The second-order valence-corrected chi connectivity index (χ2v) is 8.86. The van der Waals surface area contributed by atoms with Crippen LogP contribution in [0, 0.1) is 5.82 Å². The number of fused-ring (bicyclic) bond motifs is 1. The summed E-state index contributed by atoms with van der Waals surface area (Å²) in [6, 6.07) is 7.87. The largest absolute Gasteiger partial charge is 0.351 e. The average Bonchev–Trinajstić information content (AvgIpc) is 3.55. The van der Waals surface area contributed by atoms with Crippen LogP contribution in [0.1, 0.15) is 17.2 Å². The molecule has 0 radical (unpaired) electrons. The fourth-order valence-electron chi connectivity index (χ4n) is 4.52. The van der Waals surface area contributed by atoms with Gasteiger partial charge in [0.2, 0.25) is 5.95 Å². The van der Waals surface area contributed by atoms with Gasteiger partial charge in [-0.15, -0.1) is 0 Å². The summed E-state index contributed by atoms with van der Waals surface area (Å²) in [5.41, 5.74) is 11.0. The van der Waals surface area contributed by atoms with Crippen LogP contribution >= 0.6 is 0 Å². The highest BCUT2D eigenvalue weighted by atomic mass is 19.1. The van der Waals surface area contributed by atoms with Crippen molar-refractivity contribution in [3.8, 4) is 11.1 Å². The zero-order valence-corrected chi connectivity index (χ0v) is 19.7. The Hall–Kier alpha value is -4.38. The van der Waals surface area contributed by atoms with E-state index < -0.39 is 6.04 Å². The molecule has 2 N–H and O–H groups in total. The number of piperazine rings is 1. The van der Waals surface area contributed by atoms with Gasteiger partial charge in [0.15, 0.2) is 5.82 Å². The van der Waals surface area contributed by atoms with Crippen molar-refractivity contribution in [1.82, 2.24) is 34.3 Å². The molecule has 1 saturated heterocycles. The highest BCUT2D eigenvalue weighted by Crippen LogP contribution is 2.27. The number of hydrogen-bond acceptors (Lipinski definition) is 8. The monoisotopic (exact) mass is 484 g/mol. The molecule has 1 atom stereocenters. The molecule has 0 unspecified atom stereocenters. The number of aromatic nitrogens is 7. The van der Waals surface area contributed by atoms with Crippen LogP contribution in [0.25, 0.3) is 16.6 Å².